The maximum Gasteiger partial charge on any atom is 0.0223 e. The molecule has 13 heavy (non-hydrogen) atoms. The predicted molar refractivity (Wildman–Crippen MR) is 54.5 cm³/mol. The number of H-pyrrole nitrogens is 1. The lowest BCUT2D eigenvalue weighted by Crippen LogP contribution is -2.30. The first-order chi connectivity index (χ1) is 6.45. The van der Waals surface area contributed by atoms with Gasteiger partial charge in [0.1, 0.15) is 0 Å². The van der Waals surface area contributed by atoms with Crippen molar-refractivity contribution in [1.29, 1.82) is 0 Å². The van der Waals surface area contributed by atoms with Gasteiger partial charge in [0, 0.05) is 25.0 Å². The van der Waals surface area contributed by atoms with Gasteiger partial charge in [0.05, 0.1) is 0 Å². The molecule has 1 saturated carbocycles. The lowest BCUT2D eigenvalue weighted by molar-refractivity contribution is 0.372. The molecule has 0 unspecified atom stereocenters. The van der Waals surface area contributed by atoms with Crippen LogP contribution < -0.4 is 5.32 Å². The molecule has 0 aliphatic heterocycles. The molecule has 72 valence electrons. The van der Waals surface area contributed by atoms with E-state index in [1.165, 1.54) is 37.7 Å². The molecular formula is C11H18N2. The summed E-state index contributed by atoms with van der Waals surface area (Å²) in [5.74, 6) is 0. The molecule has 1 aromatic rings. The van der Waals surface area contributed by atoms with Gasteiger partial charge in [0.15, 0.2) is 0 Å². The van der Waals surface area contributed by atoms with Crippen molar-refractivity contribution in [3.8, 4) is 0 Å². The zero-order valence-corrected chi connectivity index (χ0v) is 8.05. The van der Waals surface area contributed by atoms with E-state index in [0.29, 0.717) is 0 Å². The van der Waals surface area contributed by atoms with E-state index in [4.69, 9.17) is 0 Å². The summed E-state index contributed by atoms with van der Waals surface area (Å²) in [6.07, 6.45) is 11.0. The Kier molecular flexibility index (Phi) is 3.03. The summed E-state index contributed by atoms with van der Waals surface area (Å²) in [7, 11) is 0. The summed E-state index contributed by atoms with van der Waals surface area (Å²) in [6.45, 7) is 1.02. The Morgan fingerprint density at radius 2 is 2.15 bits per heavy atom. The summed E-state index contributed by atoms with van der Waals surface area (Å²) >= 11 is 0. The summed E-state index contributed by atoms with van der Waals surface area (Å²) in [4.78, 5) is 3.08. The molecule has 1 fully saturated rings. The molecule has 0 radical (unpaired) electrons. The van der Waals surface area contributed by atoms with Gasteiger partial charge >= 0.3 is 0 Å². The molecule has 2 N–H and O–H groups in total. The van der Waals surface area contributed by atoms with Gasteiger partial charge in [-0.15, -0.1) is 0 Å². The summed E-state index contributed by atoms with van der Waals surface area (Å²) in [5.41, 5.74) is 1.37. The van der Waals surface area contributed by atoms with Crippen molar-refractivity contribution in [1.82, 2.24) is 10.3 Å². The highest BCUT2D eigenvalue weighted by Crippen LogP contribution is 2.17. The SMILES string of the molecule is c1cc(CNC2CCCCC2)c[nH]1. The van der Waals surface area contributed by atoms with Crippen molar-refractivity contribution < 1.29 is 0 Å². The summed E-state index contributed by atoms with van der Waals surface area (Å²) in [6, 6.07) is 2.90. The summed E-state index contributed by atoms with van der Waals surface area (Å²) in [5, 5.41) is 3.60. The van der Waals surface area contributed by atoms with Crippen LogP contribution >= 0.6 is 0 Å². The standard InChI is InChI=1S/C11H18N2/c1-2-4-11(5-3-1)13-9-10-6-7-12-8-10/h6-8,11-13H,1-5,9H2. The Labute approximate surface area is 79.7 Å². The van der Waals surface area contributed by atoms with E-state index in [2.05, 4.69) is 22.6 Å². The van der Waals surface area contributed by atoms with Gasteiger partial charge in [-0.1, -0.05) is 19.3 Å². The second-order valence-corrected chi connectivity index (χ2v) is 3.94. The van der Waals surface area contributed by atoms with Crippen molar-refractivity contribution >= 4 is 0 Å². The van der Waals surface area contributed by atoms with E-state index in [9.17, 15) is 0 Å². The average Bonchev–Trinajstić information content (AvgIpc) is 2.69. The van der Waals surface area contributed by atoms with E-state index in [1.807, 2.05) is 6.20 Å². The van der Waals surface area contributed by atoms with Gasteiger partial charge in [-0.2, -0.15) is 0 Å². The summed E-state index contributed by atoms with van der Waals surface area (Å²) < 4.78 is 0. The van der Waals surface area contributed by atoms with Gasteiger partial charge in [-0.25, -0.2) is 0 Å². The van der Waals surface area contributed by atoms with Gasteiger partial charge in [0.25, 0.3) is 0 Å². The Morgan fingerprint density at radius 1 is 1.31 bits per heavy atom. The number of aromatic amines is 1. The highest BCUT2D eigenvalue weighted by molar-refractivity contribution is 5.07. The van der Waals surface area contributed by atoms with Crippen LogP contribution in [0.2, 0.25) is 0 Å². The van der Waals surface area contributed by atoms with Crippen molar-refractivity contribution in [3.63, 3.8) is 0 Å². The zero-order chi connectivity index (χ0) is 8.93. The van der Waals surface area contributed by atoms with Gasteiger partial charge in [0.2, 0.25) is 0 Å². The first-order valence-corrected chi connectivity index (χ1v) is 5.30. The number of aromatic nitrogens is 1. The topological polar surface area (TPSA) is 27.8 Å². The van der Waals surface area contributed by atoms with Gasteiger partial charge in [-0.05, 0) is 24.5 Å². The molecule has 2 rings (SSSR count). The highest BCUT2D eigenvalue weighted by Gasteiger charge is 2.11. The number of hydrogen-bond acceptors (Lipinski definition) is 1. The Hall–Kier alpha value is -0.760. The van der Waals surface area contributed by atoms with E-state index in [1.54, 1.807) is 0 Å². The average molecular weight is 178 g/mol. The van der Waals surface area contributed by atoms with Crippen LogP contribution in [0.1, 0.15) is 37.7 Å². The minimum atomic E-state index is 0.767. The third kappa shape index (κ3) is 2.59. The molecule has 0 aromatic carbocycles. The lowest BCUT2D eigenvalue weighted by atomic mass is 9.95. The molecule has 1 aliphatic carbocycles. The smallest absolute Gasteiger partial charge is 0.0223 e. The van der Waals surface area contributed by atoms with E-state index >= 15 is 0 Å². The van der Waals surface area contributed by atoms with Gasteiger partial charge in [-0.3, -0.25) is 0 Å². The van der Waals surface area contributed by atoms with E-state index in [0.717, 1.165) is 12.6 Å². The zero-order valence-electron chi connectivity index (χ0n) is 8.05. The molecule has 0 spiro atoms. The minimum absolute atomic E-state index is 0.767. The van der Waals surface area contributed by atoms with Crippen LogP contribution in [0.15, 0.2) is 18.5 Å². The van der Waals surface area contributed by atoms with Crippen LogP contribution in [0.4, 0.5) is 0 Å². The van der Waals surface area contributed by atoms with Crippen molar-refractivity contribution in [3.05, 3.63) is 24.0 Å². The highest BCUT2D eigenvalue weighted by atomic mass is 14.9. The fourth-order valence-corrected chi connectivity index (χ4v) is 2.04. The predicted octanol–water partition coefficient (Wildman–Crippen LogP) is 2.44. The Morgan fingerprint density at radius 3 is 2.85 bits per heavy atom. The molecule has 0 saturated heterocycles. The fraction of sp³-hybridized carbons (Fsp3) is 0.636. The quantitative estimate of drug-likeness (QED) is 0.731. The van der Waals surface area contributed by atoms with Gasteiger partial charge < -0.3 is 10.3 Å². The molecule has 0 amide bonds. The maximum absolute atomic E-state index is 3.60. The lowest BCUT2D eigenvalue weighted by Gasteiger charge is -2.22. The molecule has 2 heteroatoms. The molecule has 0 bridgehead atoms. The number of nitrogens with one attached hydrogen (secondary N) is 2. The molecule has 1 aromatic heterocycles. The molecule has 1 aliphatic rings. The second-order valence-electron chi connectivity index (χ2n) is 3.94. The van der Waals surface area contributed by atoms with Crippen LogP contribution in [-0.2, 0) is 6.54 Å². The monoisotopic (exact) mass is 178 g/mol. The van der Waals surface area contributed by atoms with Crippen LogP contribution in [0.25, 0.3) is 0 Å². The van der Waals surface area contributed by atoms with Crippen molar-refractivity contribution in [2.45, 2.75) is 44.7 Å². The van der Waals surface area contributed by atoms with E-state index in [-0.39, 0.29) is 0 Å². The Bertz CT molecular complexity index is 222. The molecule has 0 atom stereocenters. The number of hydrogen-bond donors (Lipinski definition) is 2. The first kappa shape index (κ1) is 8.82. The number of rotatable bonds is 3. The van der Waals surface area contributed by atoms with Crippen LogP contribution in [0.3, 0.4) is 0 Å². The third-order valence-corrected chi connectivity index (χ3v) is 2.86. The van der Waals surface area contributed by atoms with Crippen molar-refractivity contribution in [2.75, 3.05) is 0 Å². The Balaban J connectivity index is 1.72. The second kappa shape index (κ2) is 4.47. The van der Waals surface area contributed by atoms with Crippen molar-refractivity contribution in [2.24, 2.45) is 0 Å². The maximum atomic E-state index is 3.60. The molecule has 2 nitrogen and oxygen atoms in total. The minimum Gasteiger partial charge on any atom is -0.367 e. The van der Waals surface area contributed by atoms with Crippen LogP contribution in [0, 0.1) is 0 Å². The largest absolute Gasteiger partial charge is 0.367 e. The van der Waals surface area contributed by atoms with Crippen LogP contribution in [-0.4, -0.2) is 11.0 Å². The third-order valence-electron chi connectivity index (χ3n) is 2.86. The van der Waals surface area contributed by atoms with Crippen LogP contribution in [0.5, 0.6) is 0 Å². The molecule has 1 heterocycles. The van der Waals surface area contributed by atoms with E-state index < -0.39 is 0 Å². The normalized spacial score (nSPS) is 19.1. The fourth-order valence-electron chi connectivity index (χ4n) is 2.04. The first-order valence-electron chi connectivity index (χ1n) is 5.30. The molecular weight excluding hydrogens is 160 g/mol.